The van der Waals surface area contributed by atoms with Crippen LogP contribution in [0, 0.1) is 5.82 Å². The number of carbonyl (C=O) groups is 1. The van der Waals surface area contributed by atoms with Crippen LogP contribution in [-0.4, -0.2) is 25.7 Å². The van der Waals surface area contributed by atoms with Crippen LogP contribution in [0.15, 0.2) is 49.2 Å². The third kappa shape index (κ3) is 4.12. The van der Waals surface area contributed by atoms with Gasteiger partial charge in [-0.1, -0.05) is 12.1 Å². The Morgan fingerprint density at radius 1 is 1.27 bits per heavy atom. The van der Waals surface area contributed by atoms with Crippen LogP contribution >= 0.6 is 0 Å². The van der Waals surface area contributed by atoms with E-state index in [-0.39, 0.29) is 17.8 Å². The first-order valence-electron chi connectivity index (χ1n) is 7.90. The van der Waals surface area contributed by atoms with E-state index in [1.54, 1.807) is 24.0 Å². The number of hydrogen-bond donors (Lipinski definition) is 3. The molecule has 0 bridgehead atoms. The predicted molar refractivity (Wildman–Crippen MR) is 94.8 cm³/mol. The van der Waals surface area contributed by atoms with Gasteiger partial charge in [0.05, 0.1) is 17.8 Å². The molecule has 2 aromatic heterocycles. The third-order valence-electron chi connectivity index (χ3n) is 3.66. The number of halogens is 1. The number of anilines is 2. The molecule has 3 N–H and O–H groups in total. The summed E-state index contributed by atoms with van der Waals surface area (Å²) >= 11 is 0. The van der Waals surface area contributed by atoms with Crippen molar-refractivity contribution in [1.29, 1.82) is 0 Å². The number of amides is 1. The Labute approximate surface area is 149 Å². The molecule has 1 unspecified atom stereocenters. The zero-order valence-corrected chi connectivity index (χ0v) is 14.3. The van der Waals surface area contributed by atoms with Gasteiger partial charge >= 0.3 is 0 Å². The minimum atomic E-state index is -0.376. The molecule has 0 saturated heterocycles. The summed E-state index contributed by atoms with van der Waals surface area (Å²) in [5.41, 5.74) is 7.07. The molecule has 3 rings (SSSR count). The Balaban J connectivity index is 1.69. The van der Waals surface area contributed by atoms with Gasteiger partial charge in [0.25, 0.3) is 5.91 Å². The predicted octanol–water partition coefficient (Wildman–Crippen LogP) is 2.28. The highest BCUT2D eigenvalue weighted by atomic mass is 19.1. The van der Waals surface area contributed by atoms with Crippen LogP contribution in [0.3, 0.4) is 0 Å². The van der Waals surface area contributed by atoms with Gasteiger partial charge in [0.15, 0.2) is 5.82 Å². The monoisotopic (exact) mass is 355 g/mol. The SMILES string of the molecule is CC(Nc1nn(C)cc1NNC(=O)c1cncnc1)c1cccc(F)c1. The largest absolute Gasteiger partial charge is 0.360 e. The molecule has 8 nitrogen and oxygen atoms in total. The Morgan fingerprint density at radius 2 is 2.04 bits per heavy atom. The van der Waals surface area contributed by atoms with Gasteiger partial charge in [-0.2, -0.15) is 5.10 Å². The molecule has 2 heterocycles. The molecular formula is C17H18FN7O. The molecule has 0 saturated carbocycles. The quantitative estimate of drug-likeness (QED) is 0.587. The van der Waals surface area contributed by atoms with Gasteiger partial charge in [-0.25, -0.2) is 14.4 Å². The van der Waals surface area contributed by atoms with Gasteiger partial charge in [0.1, 0.15) is 17.8 Å². The molecule has 1 atom stereocenters. The number of carbonyl (C=O) groups excluding carboxylic acids is 1. The van der Waals surface area contributed by atoms with E-state index in [0.29, 0.717) is 17.1 Å². The average molecular weight is 355 g/mol. The van der Waals surface area contributed by atoms with Gasteiger partial charge in [-0.3, -0.25) is 20.3 Å². The van der Waals surface area contributed by atoms with Crippen molar-refractivity contribution in [2.75, 3.05) is 10.7 Å². The molecule has 1 amide bonds. The fourth-order valence-corrected chi connectivity index (χ4v) is 2.36. The first kappa shape index (κ1) is 17.3. The second-order valence-corrected chi connectivity index (χ2v) is 5.69. The topological polar surface area (TPSA) is 96.8 Å². The maximum absolute atomic E-state index is 13.4. The number of nitrogens with zero attached hydrogens (tertiary/aromatic N) is 4. The van der Waals surface area contributed by atoms with E-state index in [1.807, 2.05) is 13.0 Å². The molecule has 0 aliphatic rings. The molecular weight excluding hydrogens is 337 g/mol. The first-order chi connectivity index (χ1) is 12.5. The van der Waals surface area contributed by atoms with Crippen molar-refractivity contribution < 1.29 is 9.18 Å². The zero-order valence-electron chi connectivity index (χ0n) is 14.3. The summed E-state index contributed by atoms with van der Waals surface area (Å²) in [5, 5.41) is 7.52. The number of hydrazine groups is 1. The minimum Gasteiger partial charge on any atom is -0.360 e. The lowest BCUT2D eigenvalue weighted by Crippen LogP contribution is -2.29. The van der Waals surface area contributed by atoms with Crippen LogP contribution in [0.4, 0.5) is 15.9 Å². The summed E-state index contributed by atoms with van der Waals surface area (Å²) in [6.45, 7) is 1.90. The Hall–Kier alpha value is -3.49. The van der Waals surface area contributed by atoms with E-state index in [0.717, 1.165) is 5.56 Å². The average Bonchev–Trinajstić information content (AvgIpc) is 2.99. The van der Waals surface area contributed by atoms with Crippen molar-refractivity contribution in [2.24, 2.45) is 7.05 Å². The summed E-state index contributed by atoms with van der Waals surface area (Å²) in [6, 6.07) is 6.16. The van der Waals surface area contributed by atoms with Crippen molar-refractivity contribution in [3.63, 3.8) is 0 Å². The van der Waals surface area contributed by atoms with E-state index < -0.39 is 0 Å². The van der Waals surface area contributed by atoms with Crippen LogP contribution in [0.5, 0.6) is 0 Å². The lowest BCUT2D eigenvalue weighted by Gasteiger charge is -2.15. The van der Waals surface area contributed by atoms with Crippen molar-refractivity contribution in [3.8, 4) is 0 Å². The second kappa shape index (κ2) is 7.60. The Kier molecular flexibility index (Phi) is 5.07. The molecule has 3 aromatic rings. The van der Waals surface area contributed by atoms with E-state index in [1.165, 1.54) is 30.9 Å². The van der Waals surface area contributed by atoms with Crippen LogP contribution in [0.25, 0.3) is 0 Å². The van der Waals surface area contributed by atoms with Crippen LogP contribution in [-0.2, 0) is 7.05 Å². The normalized spacial score (nSPS) is 11.7. The zero-order chi connectivity index (χ0) is 18.5. The van der Waals surface area contributed by atoms with E-state index in [4.69, 9.17) is 0 Å². The fourth-order valence-electron chi connectivity index (χ4n) is 2.36. The van der Waals surface area contributed by atoms with E-state index in [9.17, 15) is 9.18 Å². The van der Waals surface area contributed by atoms with Crippen LogP contribution < -0.4 is 16.2 Å². The molecule has 0 radical (unpaired) electrons. The maximum atomic E-state index is 13.4. The molecule has 9 heteroatoms. The summed E-state index contributed by atoms with van der Waals surface area (Å²) in [5.74, 6) is -0.152. The first-order valence-corrected chi connectivity index (χ1v) is 7.90. The van der Waals surface area contributed by atoms with Crippen LogP contribution in [0.2, 0.25) is 0 Å². The van der Waals surface area contributed by atoms with Gasteiger partial charge in [0.2, 0.25) is 0 Å². The molecule has 1 aromatic carbocycles. The second-order valence-electron chi connectivity index (χ2n) is 5.69. The highest BCUT2D eigenvalue weighted by Crippen LogP contribution is 2.24. The minimum absolute atomic E-state index is 0.181. The van der Waals surface area contributed by atoms with Gasteiger partial charge < -0.3 is 5.32 Å². The van der Waals surface area contributed by atoms with Crippen molar-refractivity contribution in [1.82, 2.24) is 25.2 Å². The lowest BCUT2D eigenvalue weighted by atomic mass is 10.1. The molecule has 0 fully saturated rings. The van der Waals surface area contributed by atoms with Crippen LogP contribution in [0.1, 0.15) is 28.9 Å². The van der Waals surface area contributed by atoms with Crippen molar-refractivity contribution in [3.05, 3.63) is 66.1 Å². The summed E-state index contributed by atoms with van der Waals surface area (Å²) < 4.78 is 15.0. The molecule has 0 spiro atoms. The summed E-state index contributed by atoms with van der Waals surface area (Å²) in [7, 11) is 1.76. The Morgan fingerprint density at radius 3 is 2.77 bits per heavy atom. The number of nitrogens with one attached hydrogen (secondary N) is 3. The molecule has 0 aliphatic carbocycles. The fraction of sp³-hybridized carbons (Fsp3) is 0.176. The van der Waals surface area contributed by atoms with E-state index >= 15 is 0 Å². The highest BCUT2D eigenvalue weighted by molar-refractivity contribution is 5.94. The highest BCUT2D eigenvalue weighted by Gasteiger charge is 2.14. The maximum Gasteiger partial charge on any atom is 0.272 e. The lowest BCUT2D eigenvalue weighted by molar-refractivity contribution is 0.0962. The van der Waals surface area contributed by atoms with Gasteiger partial charge in [-0.05, 0) is 24.6 Å². The van der Waals surface area contributed by atoms with Gasteiger partial charge in [-0.15, -0.1) is 0 Å². The smallest absolute Gasteiger partial charge is 0.272 e. The third-order valence-corrected chi connectivity index (χ3v) is 3.66. The number of benzene rings is 1. The standard InChI is InChI=1S/C17H18FN7O/c1-11(12-4-3-5-14(18)6-12)21-16-15(9-25(2)24-16)22-23-17(26)13-7-19-10-20-8-13/h3-11,22H,1-2H3,(H,21,24)(H,23,26). The molecule has 134 valence electrons. The van der Waals surface area contributed by atoms with Crippen molar-refractivity contribution in [2.45, 2.75) is 13.0 Å². The Bertz CT molecular complexity index is 897. The van der Waals surface area contributed by atoms with E-state index in [2.05, 4.69) is 31.2 Å². The number of aromatic nitrogens is 4. The molecule has 26 heavy (non-hydrogen) atoms. The number of aryl methyl sites for hydroxylation is 1. The van der Waals surface area contributed by atoms with Crippen molar-refractivity contribution >= 4 is 17.4 Å². The number of rotatable bonds is 6. The molecule has 0 aliphatic heterocycles. The summed E-state index contributed by atoms with van der Waals surface area (Å²) in [4.78, 5) is 19.7. The number of hydrogen-bond acceptors (Lipinski definition) is 6. The van der Waals surface area contributed by atoms with Gasteiger partial charge in [0, 0.05) is 19.4 Å². The summed E-state index contributed by atoms with van der Waals surface area (Å²) in [6.07, 6.45) is 5.89.